The van der Waals surface area contributed by atoms with Crippen molar-refractivity contribution in [3.63, 3.8) is 0 Å². The number of hydrogen-bond donors (Lipinski definition) is 1. The lowest BCUT2D eigenvalue weighted by Gasteiger charge is -2.38. The molecule has 0 saturated heterocycles. The molecule has 0 unspecified atom stereocenters. The van der Waals surface area contributed by atoms with Gasteiger partial charge in [-0.15, -0.1) is 0 Å². The first-order valence-electron chi connectivity index (χ1n) is 8.21. The first-order valence-corrected chi connectivity index (χ1v) is 8.58. The molecule has 1 N–H and O–H groups in total. The first-order chi connectivity index (χ1) is 12.2. The Hall–Kier alpha value is -2.60. The van der Waals surface area contributed by atoms with Gasteiger partial charge < -0.3 is 10.1 Å². The lowest BCUT2D eigenvalue weighted by Crippen LogP contribution is -2.41. The molecule has 3 rings (SSSR count). The van der Waals surface area contributed by atoms with Crippen LogP contribution in [-0.4, -0.2) is 16.4 Å². The summed E-state index contributed by atoms with van der Waals surface area (Å²) in [6.45, 7) is 5.92. The molecule has 7 heteroatoms. The third kappa shape index (κ3) is 3.65. The minimum atomic E-state index is -0.548. The number of amides is 1. The number of hydrogen-bond acceptors (Lipinski definition) is 4. The van der Waals surface area contributed by atoms with E-state index in [1.807, 2.05) is 39.0 Å². The summed E-state index contributed by atoms with van der Waals surface area (Å²) in [6, 6.07) is 9.45. The third-order valence-corrected chi connectivity index (χ3v) is 4.65. The fourth-order valence-electron chi connectivity index (χ4n) is 3.13. The van der Waals surface area contributed by atoms with E-state index in [1.54, 1.807) is 0 Å². The molecule has 0 fully saturated rings. The Labute approximate surface area is 156 Å². The van der Waals surface area contributed by atoms with Crippen LogP contribution in [0.25, 0.3) is 0 Å². The maximum atomic E-state index is 12.7. The van der Waals surface area contributed by atoms with Crippen molar-refractivity contribution in [2.75, 3.05) is 0 Å². The van der Waals surface area contributed by atoms with Crippen LogP contribution in [0.4, 0.5) is 5.69 Å². The molecule has 0 aliphatic carbocycles. The molecule has 1 aliphatic rings. The number of rotatable bonds is 3. The van der Waals surface area contributed by atoms with E-state index in [9.17, 15) is 14.9 Å². The standard InChI is InChI=1S/C19H19ClN2O4/c1-11-4-6-14-16(10-19(2,3)26-17(14)8-11)21-18(23)13-7-5-12(22(24)25)9-15(13)20/h4-9,16H,10H2,1-3H3,(H,21,23)/t16-/m0/s1. The van der Waals surface area contributed by atoms with Gasteiger partial charge in [-0.05, 0) is 38.5 Å². The minimum Gasteiger partial charge on any atom is -0.487 e. The molecule has 1 aliphatic heterocycles. The van der Waals surface area contributed by atoms with Crippen molar-refractivity contribution in [1.29, 1.82) is 0 Å². The van der Waals surface area contributed by atoms with Crippen LogP contribution in [0.1, 0.15) is 47.8 Å². The maximum Gasteiger partial charge on any atom is 0.270 e. The topological polar surface area (TPSA) is 81.5 Å². The number of non-ortho nitro benzene ring substituents is 1. The second-order valence-electron chi connectivity index (χ2n) is 7.05. The van der Waals surface area contributed by atoms with Crippen molar-refractivity contribution in [3.05, 3.63) is 68.2 Å². The normalized spacial score (nSPS) is 17.8. The van der Waals surface area contributed by atoms with E-state index in [-0.39, 0.29) is 28.2 Å². The van der Waals surface area contributed by atoms with E-state index in [2.05, 4.69) is 5.32 Å². The zero-order valence-electron chi connectivity index (χ0n) is 14.7. The smallest absolute Gasteiger partial charge is 0.270 e. The number of nitro benzene ring substituents is 1. The fraction of sp³-hybridized carbons (Fsp3) is 0.316. The highest BCUT2D eigenvalue weighted by Gasteiger charge is 2.35. The Kier molecular flexibility index (Phi) is 4.63. The predicted molar refractivity (Wildman–Crippen MR) is 98.8 cm³/mol. The number of nitro groups is 1. The number of aryl methyl sites for hydroxylation is 1. The Morgan fingerprint density at radius 3 is 2.69 bits per heavy atom. The molecular formula is C19H19ClN2O4. The fourth-order valence-corrected chi connectivity index (χ4v) is 3.39. The van der Waals surface area contributed by atoms with Gasteiger partial charge in [-0.2, -0.15) is 0 Å². The molecule has 6 nitrogen and oxygen atoms in total. The summed E-state index contributed by atoms with van der Waals surface area (Å²) in [5.74, 6) is 0.375. The monoisotopic (exact) mass is 374 g/mol. The van der Waals surface area contributed by atoms with Crippen molar-refractivity contribution < 1.29 is 14.5 Å². The van der Waals surface area contributed by atoms with Gasteiger partial charge >= 0.3 is 0 Å². The molecule has 0 saturated carbocycles. The number of benzene rings is 2. The van der Waals surface area contributed by atoms with E-state index in [1.165, 1.54) is 18.2 Å². The highest BCUT2D eigenvalue weighted by atomic mass is 35.5. The van der Waals surface area contributed by atoms with Gasteiger partial charge in [0, 0.05) is 24.1 Å². The molecule has 0 spiro atoms. The van der Waals surface area contributed by atoms with Crippen molar-refractivity contribution in [2.45, 2.75) is 38.8 Å². The summed E-state index contributed by atoms with van der Waals surface area (Å²) in [6.07, 6.45) is 0.597. The summed E-state index contributed by atoms with van der Waals surface area (Å²) < 4.78 is 6.03. The van der Waals surface area contributed by atoms with Crippen LogP contribution in [0, 0.1) is 17.0 Å². The molecule has 2 aromatic carbocycles. The molecule has 1 amide bonds. The molecule has 0 bridgehead atoms. The zero-order chi connectivity index (χ0) is 19.1. The lowest BCUT2D eigenvalue weighted by atomic mass is 9.89. The van der Waals surface area contributed by atoms with E-state index in [4.69, 9.17) is 16.3 Å². The van der Waals surface area contributed by atoms with Gasteiger partial charge in [0.25, 0.3) is 11.6 Å². The van der Waals surface area contributed by atoms with Gasteiger partial charge in [-0.25, -0.2) is 0 Å². The van der Waals surface area contributed by atoms with Gasteiger partial charge in [-0.3, -0.25) is 14.9 Å². The highest BCUT2D eigenvalue weighted by Crippen LogP contribution is 2.40. The average Bonchev–Trinajstić information content (AvgIpc) is 2.52. The molecule has 1 atom stereocenters. The van der Waals surface area contributed by atoms with Crippen molar-refractivity contribution >= 4 is 23.2 Å². The number of halogens is 1. The van der Waals surface area contributed by atoms with Gasteiger partial charge in [0.2, 0.25) is 0 Å². The summed E-state index contributed by atoms with van der Waals surface area (Å²) >= 11 is 6.07. The Balaban J connectivity index is 1.89. The molecule has 26 heavy (non-hydrogen) atoms. The van der Waals surface area contributed by atoms with Crippen LogP contribution in [0.5, 0.6) is 5.75 Å². The second kappa shape index (κ2) is 6.61. The van der Waals surface area contributed by atoms with Crippen molar-refractivity contribution in [2.24, 2.45) is 0 Å². The van der Waals surface area contributed by atoms with Crippen LogP contribution in [0.15, 0.2) is 36.4 Å². The minimum absolute atomic E-state index is 0.0483. The SMILES string of the molecule is Cc1ccc2c(c1)OC(C)(C)C[C@@H]2NC(=O)c1ccc([N+](=O)[O-])cc1Cl. The molecule has 1 heterocycles. The van der Waals surface area contributed by atoms with Gasteiger partial charge in [0.15, 0.2) is 0 Å². The molecular weight excluding hydrogens is 356 g/mol. The van der Waals surface area contributed by atoms with Crippen molar-refractivity contribution in [3.8, 4) is 5.75 Å². The summed E-state index contributed by atoms with van der Waals surface area (Å²) in [5, 5.41) is 13.9. The number of nitrogens with one attached hydrogen (secondary N) is 1. The summed E-state index contributed by atoms with van der Waals surface area (Å²) in [4.78, 5) is 23.0. The van der Waals surface area contributed by atoms with Crippen molar-refractivity contribution in [1.82, 2.24) is 5.32 Å². The molecule has 0 radical (unpaired) electrons. The Morgan fingerprint density at radius 2 is 2.04 bits per heavy atom. The maximum absolute atomic E-state index is 12.7. The van der Waals surface area contributed by atoms with Crippen LogP contribution < -0.4 is 10.1 Å². The quantitative estimate of drug-likeness (QED) is 0.629. The molecule has 0 aromatic heterocycles. The van der Waals surface area contributed by atoms with Crippen LogP contribution >= 0.6 is 11.6 Å². The highest BCUT2D eigenvalue weighted by molar-refractivity contribution is 6.34. The number of ether oxygens (including phenoxy) is 1. The second-order valence-corrected chi connectivity index (χ2v) is 7.46. The molecule has 136 valence electrons. The van der Waals surface area contributed by atoms with Gasteiger partial charge in [0.1, 0.15) is 11.4 Å². The zero-order valence-corrected chi connectivity index (χ0v) is 15.5. The predicted octanol–water partition coefficient (Wildman–Crippen LogP) is 4.59. The van der Waals surface area contributed by atoms with E-state index >= 15 is 0 Å². The number of fused-ring (bicyclic) bond motifs is 1. The summed E-state index contributed by atoms with van der Waals surface area (Å²) in [5.41, 5.74) is 1.60. The van der Waals surface area contributed by atoms with E-state index in [0.29, 0.717) is 6.42 Å². The number of nitrogens with zero attached hydrogens (tertiary/aromatic N) is 1. The number of carbonyl (C=O) groups excluding carboxylic acids is 1. The first kappa shape index (κ1) is 18.2. The largest absolute Gasteiger partial charge is 0.487 e. The van der Waals surface area contributed by atoms with Gasteiger partial charge in [-0.1, -0.05) is 23.7 Å². The van der Waals surface area contributed by atoms with Crippen LogP contribution in [0.3, 0.4) is 0 Å². The lowest BCUT2D eigenvalue weighted by molar-refractivity contribution is -0.384. The Morgan fingerprint density at radius 1 is 1.31 bits per heavy atom. The van der Waals surface area contributed by atoms with E-state index < -0.39 is 10.5 Å². The van der Waals surface area contributed by atoms with E-state index in [0.717, 1.165) is 16.9 Å². The van der Waals surface area contributed by atoms with Crippen LogP contribution in [-0.2, 0) is 0 Å². The number of carbonyl (C=O) groups is 1. The average molecular weight is 375 g/mol. The summed E-state index contributed by atoms with van der Waals surface area (Å²) in [7, 11) is 0. The molecule has 2 aromatic rings. The third-order valence-electron chi connectivity index (χ3n) is 4.34. The van der Waals surface area contributed by atoms with Gasteiger partial charge in [0.05, 0.1) is 21.6 Å². The Bertz CT molecular complexity index is 895. The van der Waals surface area contributed by atoms with Crippen LogP contribution in [0.2, 0.25) is 5.02 Å².